The Morgan fingerprint density at radius 3 is 3.00 bits per heavy atom. The molecule has 0 radical (unpaired) electrons. The van der Waals surface area contributed by atoms with Gasteiger partial charge in [-0.15, -0.1) is 0 Å². The average Bonchev–Trinajstić information content (AvgIpc) is 1.96. The Balaban J connectivity index is 2.61. The zero-order valence-electron chi connectivity index (χ0n) is 6.31. The zero-order chi connectivity index (χ0) is 7.61. The molecule has 3 heteroatoms. The van der Waals surface area contributed by atoms with E-state index in [-0.39, 0.29) is 5.91 Å². The van der Waals surface area contributed by atoms with Gasteiger partial charge in [-0.2, -0.15) is 0 Å². The molecular formula is C7H14N2O. The number of rotatable bonds is 0. The molecule has 3 N–H and O–H groups in total. The second-order valence-electron chi connectivity index (χ2n) is 3.13. The van der Waals surface area contributed by atoms with Gasteiger partial charge in [-0.25, -0.2) is 0 Å². The van der Waals surface area contributed by atoms with E-state index in [1.165, 1.54) is 0 Å². The van der Waals surface area contributed by atoms with E-state index in [4.69, 9.17) is 5.73 Å². The van der Waals surface area contributed by atoms with Gasteiger partial charge >= 0.3 is 0 Å². The smallest absolute Gasteiger partial charge is 0.239 e. The maximum atomic E-state index is 11.1. The monoisotopic (exact) mass is 142 g/mol. The molecule has 10 heavy (non-hydrogen) atoms. The summed E-state index contributed by atoms with van der Waals surface area (Å²) in [6, 6.07) is 0. The van der Waals surface area contributed by atoms with Crippen LogP contribution in [-0.2, 0) is 4.79 Å². The first-order chi connectivity index (χ1) is 4.63. The molecule has 1 aliphatic heterocycles. The van der Waals surface area contributed by atoms with Gasteiger partial charge in [0.25, 0.3) is 0 Å². The van der Waals surface area contributed by atoms with Crippen molar-refractivity contribution >= 4 is 5.91 Å². The minimum absolute atomic E-state index is 0.00926. The number of carbonyl (C=O) groups excluding carboxylic acids is 1. The van der Waals surface area contributed by atoms with Gasteiger partial charge in [0.1, 0.15) is 0 Å². The van der Waals surface area contributed by atoms with Crippen LogP contribution in [0.5, 0.6) is 0 Å². The third-order valence-corrected chi connectivity index (χ3v) is 1.93. The molecular weight excluding hydrogens is 128 g/mol. The van der Waals surface area contributed by atoms with Crippen LogP contribution in [0.4, 0.5) is 0 Å². The van der Waals surface area contributed by atoms with Crippen LogP contribution in [0.25, 0.3) is 0 Å². The third kappa shape index (κ3) is 1.48. The van der Waals surface area contributed by atoms with Gasteiger partial charge in [-0.1, -0.05) is 0 Å². The average molecular weight is 142 g/mol. The lowest BCUT2D eigenvalue weighted by Crippen LogP contribution is -2.50. The van der Waals surface area contributed by atoms with Gasteiger partial charge < -0.3 is 11.1 Å². The summed E-state index contributed by atoms with van der Waals surface area (Å²) >= 11 is 0. The van der Waals surface area contributed by atoms with Crippen LogP contribution in [0.15, 0.2) is 0 Å². The molecule has 0 aromatic heterocycles. The van der Waals surface area contributed by atoms with E-state index in [1.807, 2.05) is 0 Å². The Morgan fingerprint density at radius 1 is 1.60 bits per heavy atom. The van der Waals surface area contributed by atoms with E-state index in [0.717, 1.165) is 25.8 Å². The van der Waals surface area contributed by atoms with Crippen molar-refractivity contribution in [1.82, 2.24) is 5.32 Å². The second kappa shape index (κ2) is 2.58. The summed E-state index contributed by atoms with van der Waals surface area (Å²) in [6.07, 6.45) is 2.91. The molecule has 1 fully saturated rings. The summed E-state index contributed by atoms with van der Waals surface area (Å²) in [6.45, 7) is 2.57. The summed E-state index contributed by atoms with van der Waals surface area (Å²) in [7, 11) is 0. The van der Waals surface area contributed by atoms with E-state index in [1.54, 1.807) is 6.92 Å². The zero-order valence-corrected chi connectivity index (χ0v) is 6.31. The Bertz CT molecular complexity index is 143. The molecule has 0 saturated carbocycles. The molecule has 1 saturated heterocycles. The van der Waals surface area contributed by atoms with E-state index in [9.17, 15) is 4.79 Å². The number of hydrogen-bond donors (Lipinski definition) is 2. The molecule has 1 rings (SSSR count). The standard InChI is InChI=1S/C7H14N2O/c1-7(8)4-2-3-5-9-6(7)10/h2-5,8H2,1H3,(H,9,10). The fraction of sp³-hybridized carbons (Fsp3) is 0.857. The topological polar surface area (TPSA) is 55.1 Å². The first-order valence-corrected chi connectivity index (χ1v) is 3.70. The molecule has 1 atom stereocenters. The molecule has 0 aliphatic carbocycles. The largest absolute Gasteiger partial charge is 0.355 e. The second-order valence-corrected chi connectivity index (χ2v) is 3.13. The van der Waals surface area contributed by atoms with Gasteiger partial charge in [-0.05, 0) is 26.2 Å². The van der Waals surface area contributed by atoms with Crippen molar-refractivity contribution in [3.63, 3.8) is 0 Å². The molecule has 1 amide bonds. The highest BCUT2D eigenvalue weighted by Crippen LogP contribution is 2.13. The van der Waals surface area contributed by atoms with Crippen molar-refractivity contribution in [2.45, 2.75) is 31.7 Å². The lowest BCUT2D eigenvalue weighted by Gasteiger charge is -2.19. The predicted octanol–water partition coefficient (Wildman–Crippen LogP) is 0.00390. The van der Waals surface area contributed by atoms with Gasteiger partial charge in [0.2, 0.25) is 5.91 Å². The molecule has 0 aromatic rings. The van der Waals surface area contributed by atoms with Crippen LogP contribution >= 0.6 is 0 Å². The normalized spacial score (nSPS) is 34.8. The SMILES string of the molecule is CC1(N)CCCCNC1=O. The van der Waals surface area contributed by atoms with Crippen molar-refractivity contribution < 1.29 is 4.79 Å². The van der Waals surface area contributed by atoms with Crippen molar-refractivity contribution in [2.75, 3.05) is 6.54 Å². The number of nitrogens with one attached hydrogen (secondary N) is 1. The Morgan fingerprint density at radius 2 is 2.30 bits per heavy atom. The van der Waals surface area contributed by atoms with Crippen LogP contribution < -0.4 is 11.1 Å². The molecule has 3 nitrogen and oxygen atoms in total. The van der Waals surface area contributed by atoms with Gasteiger partial charge in [-0.3, -0.25) is 4.79 Å². The van der Waals surface area contributed by atoms with Crippen LogP contribution in [0.3, 0.4) is 0 Å². The van der Waals surface area contributed by atoms with Gasteiger partial charge in [0, 0.05) is 6.54 Å². The quantitative estimate of drug-likeness (QED) is 0.500. The molecule has 58 valence electrons. The number of nitrogens with two attached hydrogens (primary N) is 1. The molecule has 0 spiro atoms. The van der Waals surface area contributed by atoms with Crippen LogP contribution in [0.2, 0.25) is 0 Å². The Labute approximate surface area is 61.0 Å². The van der Waals surface area contributed by atoms with E-state index < -0.39 is 5.54 Å². The molecule has 0 aromatic carbocycles. The Hall–Kier alpha value is -0.570. The first-order valence-electron chi connectivity index (χ1n) is 3.70. The fourth-order valence-electron chi connectivity index (χ4n) is 1.13. The molecule has 0 bridgehead atoms. The fourth-order valence-corrected chi connectivity index (χ4v) is 1.13. The van der Waals surface area contributed by atoms with E-state index in [2.05, 4.69) is 5.32 Å². The lowest BCUT2D eigenvalue weighted by molar-refractivity contribution is -0.125. The summed E-state index contributed by atoms with van der Waals surface area (Å²) in [5.74, 6) is -0.00926. The van der Waals surface area contributed by atoms with Crippen LogP contribution in [0, 0.1) is 0 Å². The maximum absolute atomic E-state index is 11.1. The lowest BCUT2D eigenvalue weighted by atomic mass is 9.97. The first kappa shape index (κ1) is 7.54. The van der Waals surface area contributed by atoms with Crippen molar-refractivity contribution in [2.24, 2.45) is 5.73 Å². The highest BCUT2D eigenvalue weighted by Gasteiger charge is 2.28. The highest BCUT2D eigenvalue weighted by atomic mass is 16.2. The van der Waals surface area contributed by atoms with E-state index >= 15 is 0 Å². The summed E-state index contributed by atoms with van der Waals surface area (Å²) < 4.78 is 0. The molecule has 1 unspecified atom stereocenters. The Kier molecular flexibility index (Phi) is 1.94. The van der Waals surface area contributed by atoms with Gasteiger partial charge in [0.05, 0.1) is 5.54 Å². The summed E-state index contributed by atoms with van der Waals surface area (Å²) in [4.78, 5) is 11.1. The minimum Gasteiger partial charge on any atom is -0.355 e. The molecule has 1 aliphatic rings. The van der Waals surface area contributed by atoms with Crippen molar-refractivity contribution in [3.8, 4) is 0 Å². The van der Waals surface area contributed by atoms with Crippen molar-refractivity contribution in [1.29, 1.82) is 0 Å². The number of carbonyl (C=O) groups is 1. The molecule has 1 heterocycles. The summed E-state index contributed by atoms with van der Waals surface area (Å²) in [5.41, 5.74) is 5.08. The van der Waals surface area contributed by atoms with Crippen LogP contribution in [0.1, 0.15) is 26.2 Å². The maximum Gasteiger partial charge on any atom is 0.239 e. The third-order valence-electron chi connectivity index (χ3n) is 1.93. The number of amides is 1. The van der Waals surface area contributed by atoms with Crippen LogP contribution in [-0.4, -0.2) is 18.0 Å². The van der Waals surface area contributed by atoms with Gasteiger partial charge in [0.15, 0.2) is 0 Å². The predicted molar refractivity (Wildman–Crippen MR) is 39.5 cm³/mol. The number of hydrogen-bond acceptors (Lipinski definition) is 2. The van der Waals surface area contributed by atoms with Crippen molar-refractivity contribution in [3.05, 3.63) is 0 Å². The summed E-state index contributed by atoms with van der Waals surface area (Å²) in [5, 5.41) is 2.77. The highest BCUT2D eigenvalue weighted by molar-refractivity contribution is 5.85. The minimum atomic E-state index is -0.628. The van der Waals surface area contributed by atoms with E-state index in [0.29, 0.717) is 0 Å².